The van der Waals surface area contributed by atoms with E-state index in [2.05, 4.69) is 10.1 Å². The molecular formula is C13H13F3N3O3+. The van der Waals surface area contributed by atoms with Crippen LogP contribution in [0.1, 0.15) is 5.56 Å². The Morgan fingerprint density at radius 3 is 2.68 bits per heavy atom. The van der Waals surface area contributed by atoms with Gasteiger partial charge in [0.15, 0.2) is 0 Å². The highest BCUT2D eigenvalue weighted by molar-refractivity contribution is 6.21. The van der Waals surface area contributed by atoms with Crippen molar-refractivity contribution in [2.45, 2.75) is 6.18 Å². The van der Waals surface area contributed by atoms with Crippen LogP contribution < -0.4 is 4.59 Å². The summed E-state index contributed by atoms with van der Waals surface area (Å²) in [6.07, 6.45) is -2.28. The number of aromatic nitrogens is 1. The van der Waals surface area contributed by atoms with Gasteiger partial charge in [0.05, 0.1) is 12.2 Å². The molecule has 0 aliphatic carbocycles. The minimum atomic E-state index is -4.52. The standard InChI is InChI=1S/C13H12F3N3O3/c1-19(6-9(12(20)21)10(18-19)7-22-2)11-5-8(3-4-17-11)13(14,15)16/h3-6H,7H2,1-2H3/p+1. The predicted octanol–water partition coefficient (Wildman–Crippen LogP) is 2.02. The van der Waals surface area contributed by atoms with Gasteiger partial charge in [0, 0.05) is 19.4 Å². The zero-order chi connectivity index (χ0) is 16.5. The molecule has 118 valence electrons. The summed E-state index contributed by atoms with van der Waals surface area (Å²) >= 11 is 0. The van der Waals surface area contributed by atoms with Crippen LogP contribution >= 0.6 is 0 Å². The lowest BCUT2D eigenvalue weighted by Crippen LogP contribution is -2.32. The number of ether oxygens (including phenoxy) is 1. The minimum Gasteiger partial charge on any atom is -0.477 e. The summed E-state index contributed by atoms with van der Waals surface area (Å²) < 4.78 is 42.7. The fourth-order valence-electron chi connectivity index (χ4n) is 2.04. The van der Waals surface area contributed by atoms with Crippen molar-refractivity contribution in [3.05, 3.63) is 35.7 Å². The number of hydrogen-bond acceptors (Lipinski definition) is 4. The highest BCUT2D eigenvalue weighted by atomic mass is 19.4. The summed E-state index contributed by atoms with van der Waals surface area (Å²) in [5, 5.41) is 13.3. The molecule has 0 saturated heterocycles. The Morgan fingerprint density at radius 1 is 1.45 bits per heavy atom. The van der Waals surface area contributed by atoms with Crippen LogP contribution in [-0.4, -0.2) is 42.5 Å². The Kier molecular flexibility index (Phi) is 4.03. The smallest absolute Gasteiger partial charge is 0.416 e. The fraction of sp³-hybridized carbons (Fsp3) is 0.308. The lowest BCUT2D eigenvalue weighted by molar-refractivity contribution is -0.137. The lowest BCUT2D eigenvalue weighted by Gasteiger charge is -2.19. The van der Waals surface area contributed by atoms with Crippen molar-refractivity contribution in [2.75, 3.05) is 20.8 Å². The normalized spacial score (nSPS) is 21.5. The van der Waals surface area contributed by atoms with Crippen LogP contribution in [0.25, 0.3) is 0 Å². The molecule has 0 saturated carbocycles. The molecule has 9 heteroatoms. The summed E-state index contributed by atoms with van der Waals surface area (Å²) in [6, 6.07) is 1.68. The minimum absolute atomic E-state index is 0.0420. The van der Waals surface area contributed by atoms with Gasteiger partial charge in [0.2, 0.25) is 0 Å². The molecular weight excluding hydrogens is 303 g/mol. The first kappa shape index (κ1) is 16.1. The molecule has 1 unspecified atom stereocenters. The summed E-state index contributed by atoms with van der Waals surface area (Å²) in [7, 11) is 2.81. The van der Waals surface area contributed by atoms with Crippen molar-refractivity contribution in [1.82, 2.24) is 9.58 Å². The van der Waals surface area contributed by atoms with Gasteiger partial charge in [-0.1, -0.05) is 5.10 Å². The summed E-state index contributed by atoms with van der Waals surface area (Å²) in [5.41, 5.74) is -0.863. The number of rotatable bonds is 4. The summed E-state index contributed by atoms with van der Waals surface area (Å²) in [6.45, 7) is -0.0645. The van der Waals surface area contributed by atoms with Crippen LogP contribution in [0.4, 0.5) is 19.0 Å². The van der Waals surface area contributed by atoms with Gasteiger partial charge < -0.3 is 9.84 Å². The van der Waals surface area contributed by atoms with Crippen molar-refractivity contribution in [3.8, 4) is 0 Å². The number of carboxylic acids is 1. The van der Waals surface area contributed by atoms with E-state index in [1.165, 1.54) is 20.4 Å². The van der Waals surface area contributed by atoms with E-state index in [0.717, 1.165) is 18.3 Å². The molecule has 1 aliphatic rings. The molecule has 0 aromatic carbocycles. The molecule has 1 atom stereocenters. The van der Waals surface area contributed by atoms with E-state index in [0.29, 0.717) is 0 Å². The van der Waals surface area contributed by atoms with Gasteiger partial charge in [-0.15, -0.1) is 4.59 Å². The number of pyridine rings is 1. The third-order valence-electron chi connectivity index (χ3n) is 3.07. The Hall–Kier alpha value is -2.26. The van der Waals surface area contributed by atoms with E-state index in [1.807, 2.05) is 0 Å². The van der Waals surface area contributed by atoms with E-state index in [4.69, 9.17) is 9.84 Å². The van der Waals surface area contributed by atoms with E-state index >= 15 is 0 Å². The third kappa shape index (κ3) is 3.00. The van der Waals surface area contributed by atoms with Gasteiger partial charge in [-0.3, -0.25) is 0 Å². The molecule has 0 fully saturated rings. The average Bonchev–Trinajstić information content (AvgIpc) is 2.77. The van der Waals surface area contributed by atoms with Gasteiger partial charge in [0.25, 0.3) is 5.82 Å². The van der Waals surface area contributed by atoms with Crippen molar-refractivity contribution in [2.24, 2.45) is 5.10 Å². The van der Waals surface area contributed by atoms with Crippen LogP contribution in [0.15, 0.2) is 35.2 Å². The zero-order valence-electron chi connectivity index (χ0n) is 11.8. The number of carboxylic acid groups (broad SMARTS) is 1. The highest BCUT2D eigenvalue weighted by Crippen LogP contribution is 2.34. The highest BCUT2D eigenvalue weighted by Gasteiger charge is 2.39. The largest absolute Gasteiger partial charge is 0.477 e. The zero-order valence-corrected chi connectivity index (χ0v) is 11.8. The lowest BCUT2D eigenvalue weighted by atomic mass is 10.2. The second kappa shape index (κ2) is 5.50. The fourth-order valence-corrected chi connectivity index (χ4v) is 2.04. The van der Waals surface area contributed by atoms with Crippen LogP contribution in [0.3, 0.4) is 0 Å². The Bertz CT molecular complexity index is 670. The van der Waals surface area contributed by atoms with Crippen LogP contribution in [0.5, 0.6) is 0 Å². The molecule has 1 aromatic rings. The quantitative estimate of drug-likeness (QED) is 0.863. The monoisotopic (exact) mass is 316 g/mol. The number of nitrogens with zero attached hydrogens (tertiary/aromatic N) is 3. The van der Waals surface area contributed by atoms with Crippen LogP contribution in [0.2, 0.25) is 0 Å². The molecule has 2 heterocycles. The Balaban J connectivity index is 2.50. The number of carbonyl (C=O) groups is 1. The molecule has 6 nitrogen and oxygen atoms in total. The van der Waals surface area contributed by atoms with E-state index < -0.39 is 22.3 Å². The number of halogens is 3. The summed E-state index contributed by atoms with van der Waals surface area (Å²) in [5.74, 6) is -1.27. The first-order chi connectivity index (χ1) is 10.2. The molecule has 1 N–H and O–H groups in total. The van der Waals surface area contributed by atoms with Gasteiger partial charge in [-0.2, -0.15) is 13.2 Å². The molecule has 0 spiro atoms. The maximum absolute atomic E-state index is 12.8. The first-order valence-corrected chi connectivity index (χ1v) is 6.12. The maximum Gasteiger partial charge on any atom is 0.416 e. The van der Waals surface area contributed by atoms with E-state index in [9.17, 15) is 18.0 Å². The average molecular weight is 316 g/mol. The van der Waals surface area contributed by atoms with Crippen molar-refractivity contribution in [1.29, 1.82) is 0 Å². The number of quaternary nitrogens is 1. The number of alkyl halides is 3. The molecule has 2 rings (SSSR count). The molecule has 0 radical (unpaired) electrons. The Labute approximate surface area is 123 Å². The van der Waals surface area contributed by atoms with E-state index in [-0.39, 0.29) is 23.7 Å². The van der Waals surface area contributed by atoms with Crippen LogP contribution in [0, 0.1) is 0 Å². The SMILES string of the molecule is COCC1=N[N+](C)(c2cc(C(F)(F)F)ccn2)C=C1C(=O)O. The maximum atomic E-state index is 12.8. The summed E-state index contributed by atoms with van der Waals surface area (Å²) in [4.78, 5) is 15.1. The molecule has 1 aromatic heterocycles. The van der Waals surface area contributed by atoms with Crippen LogP contribution in [-0.2, 0) is 15.7 Å². The molecule has 22 heavy (non-hydrogen) atoms. The second-order valence-corrected chi connectivity index (χ2v) is 4.75. The van der Waals surface area contributed by atoms with Gasteiger partial charge in [0.1, 0.15) is 24.5 Å². The predicted molar refractivity (Wildman–Crippen MR) is 72.0 cm³/mol. The van der Waals surface area contributed by atoms with Crippen molar-refractivity contribution < 1.29 is 27.8 Å². The van der Waals surface area contributed by atoms with Crippen molar-refractivity contribution >= 4 is 17.5 Å². The topological polar surface area (TPSA) is 71.8 Å². The number of hydrogen-bond donors (Lipinski definition) is 1. The Morgan fingerprint density at radius 2 is 2.14 bits per heavy atom. The van der Waals surface area contributed by atoms with Gasteiger partial charge >= 0.3 is 12.1 Å². The number of methoxy groups -OCH3 is 1. The number of aliphatic carboxylic acids is 1. The molecule has 1 aliphatic heterocycles. The van der Waals surface area contributed by atoms with Crippen molar-refractivity contribution in [3.63, 3.8) is 0 Å². The molecule has 0 bridgehead atoms. The second-order valence-electron chi connectivity index (χ2n) is 4.75. The molecule has 0 amide bonds. The van der Waals surface area contributed by atoms with E-state index in [1.54, 1.807) is 0 Å². The third-order valence-corrected chi connectivity index (χ3v) is 3.07. The van der Waals surface area contributed by atoms with Gasteiger partial charge in [-0.25, -0.2) is 9.78 Å². The first-order valence-electron chi connectivity index (χ1n) is 6.12. The van der Waals surface area contributed by atoms with Gasteiger partial charge in [-0.05, 0) is 6.07 Å².